The Morgan fingerprint density at radius 1 is 1.22 bits per heavy atom. The number of morpholine rings is 1. The number of alkyl halides is 1. The molecule has 4 aromatic rings. The minimum Gasteiger partial charge on any atom is -0.399 e. The molecule has 0 radical (unpaired) electrons. The number of benzene rings is 2. The molecule has 2 aromatic carbocycles. The van der Waals surface area contributed by atoms with E-state index in [1.165, 1.54) is 0 Å². The largest absolute Gasteiger partial charge is 0.399 e. The molecule has 0 aliphatic carbocycles. The zero-order chi connectivity index (χ0) is 22.1. The standard InChI is InChI=1S/C23H23FN6O2/c24-21(18-11-16(25)6-5-15(18)12-29-7-9-32-10-8-29)28-23(31)20-13-30-14-26-19-4-2-1-3-17(19)22(30)27-20/h1-6,11,13-14,21H,7-10,12,25H2,(H,28,31). The van der Waals surface area contributed by atoms with E-state index in [0.717, 1.165) is 29.6 Å². The Bertz CT molecular complexity index is 1280. The number of nitrogens with zero attached hydrogens (tertiary/aromatic N) is 4. The molecule has 1 atom stereocenters. The van der Waals surface area contributed by atoms with Gasteiger partial charge in [0.15, 0.2) is 6.30 Å². The summed E-state index contributed by atoms with van der Waals surface area (Å²) in [7, 11) is 0. The molecule has 3 N–H and O–H groups in total. The van der Waals surface area contributed by atoms with Gasteiger partial charge in [0.25, 0.3) is 5.91 Å². The van der Waals surface area contributed by atoms with Crippen LogP contribution < -0.4 is 11.1 Å². The van der Waals surface area contributed by atoms with Crippen molar-refractivity contribution in [3.05, 3.63) is 71.8 Å². The Balaban J connectivity index is 1.39. The molecule has 1 aliphatic rings. The first kappa shape index (κ1) is 20.3. The number of hydrogen-bond acceptors (Lipinski definition) is 6. The van der Waals surface area contributed by atoms with E-state index in [2.05, 4.69) is 20.2 Å². The molecule has 0 saturated carbocycles. The highest BCUT2D eigenvalue weighted by atomic mass is 19.1. The van der Waals surface area contributed by atoms with Crippen molar-refractivity contribution in [1.82, 2.24) is 24.6 Å². The van der Waals surface area contributed by atoms with Crippen LogP contribution in [0.15, 0.2) is 55.0 Å². The summed E-state index contributed by atoms with van der Waals surface area (Å²) < 4.78 is 22.3. The van der Waals surface area contributed by atoms with Gasteiger partial charge >= 0.3 is 0 Å². The fourth-order valence-electron chi connectivity index (χ4n) is 3.95. The van der Waals surface area contributed by atoms with Gasteiger partial charge in [-0.25, -0.2) is 14.4 Å². The summed E-state index contributed by atoms with van der Waals surface area (Å²) in [6.45, 7) is 3.41. The van der Waals surface area contributed by atoms with Gasteiger partial charge in [0, 0.05) is 42.5 Å². The van der Waals surface area contributed by atoms with Crippen LogP contribution in [0.2, 0.25) is 0 Å². The Labute approximate surface area is 183 Å². The molecule has 9 heteroatoms. The van der Waals surface area contributed by atoms with Gasteiger partial charge in [-0.2, -0.15) is 0 Å². The number of carbonyl (C=O) groups is 1. The van der Waals surface area contributed by atoms with E-state index in [0.29, 0.717) is 36.7 Å². The lowest BCUT2D eigenvalue weighted by molar-refractivity contribution is 0.0339. The van der Waals surface area contributed by atoms with E-state index < -0.39 is 12.2 Å². The van der Waals surface area contributed by atoms with Gasteiger partial charge in [-0.3, -0.25) is 14.1 Å². The maximum atomic E-state index is 15.3. The summed E-state index contributed by atoms with van der Waals surface area (Å²) in [6.07, 6.45) is 1.42. The zero-order valence-electron chi connectivity index (χ0n) is 17.4. The molecule has 0 bridgehead atoms. The number of hydrogen-bond donors (Lipinski definition) is 2. The van der Waals surface area contributed by atoms with Crippen LogP contribution in [0.3, 0.4) is 0 Å². The summed E-state index contributed by atoms with van der Waals surface area (Å²) in [4.78, 5) is 23.8. The first-order valence-electron chi connectivity index (χ1n) is 10.4. The second kappa shape index (κ2) is 8.52. The van der Waals surface area contributed by atoms with E-state index in [1.54, 1.807) is 29.1 Å². The number of para-hydroxylation sites is 1. The summed E-state index contributed by atoms with van der Waals surface area (Å²) >= 11 is 0. The Morgan fingerprint density at radius 3 is 2.88 bits per heavy atom. The molecule has 32 heavy (non-hydrogen) atoms. The average Bonchev–Trinajstić information content (AvgIpc) is 3.26. The van der Waals surface area contributed by atoms with Gasteiger partial charge in [-0.15, -0.1) is 0 Å². The molecule has 0 spiro atoms. The van der Waals surface area contributed by atoms with Crippen LogP contribution in [0.5, 0.6) is 0 Å². The fourth-order valence-corrected chi connectivity index (χ4v) is 3.95. The molecule has 1 fully saturated rings. The van der Waals surface area contributed by atoms with Crippen molar-refractivity contribution in [3.63, 3.8) is 0 Å². The third kappa shape index (κ3) is 4.00. The predicted octanol–water partition coefficient (Wildman–Crippen LogP) is 2.70. The van der Waals surface area contributed by atoms with Crippen molar-refractivity contribution in [2.24, 2.45) is 0 Å². The molecule has 1 amide bonds. The molecule has 3 heterocycles. The molecule has 1 unspecified atom stereocenters. The van der Waals surface area contributed by atoms with Gasteiger partial charge in [-0.05, 0) is 29.8 Å². The third-order valence-electron chi connectivity index (χ3n) is 5.63. The Morgan fingerprint density at radius 2 is 2.03 bits per heavy atom. The van der Waals surface area contributed by atoms with Crippen LogP contribution in [0.4, 0.5) is 10.1 Å². The summed E-state index contributed by atoms with van der Waals surface area (Å²) in [5, 5.41) is 3.24. The lowest BCUT2D eigenvalue weighted by Gasteiger charge is -2.28. The number of amides is 1. The van der Waals surface area contributed by atoms with Gasteiger partial charge < -0.3 is 15.8 Å². The van der Waals surface area contributed by atoms with Gasteiger partial charge in [0.2, 0.25) is 0 Å². The van der Waals surface area contributed by atoms with Crippen LogP contribution in [0.25, 0.3) is 16.6 Å². The molecule has 164 valence electrons. The number of nitrogens with two attached hydrogens (primary N) is 1. The Kier molecular flexibility index (Phi) is 5.42. The number of ether oxygens (including phenoxy) is 1. The van der Waals surface area contributed by atoms with E-state index in [1.807, 2.05) is 30.3 Å². The maximum absolute atomic E-state index is 15.3. The smallest absolute Gasteiger partial charge is 0.273 e. The fraction of sp³-hybridized carbons (Fsp3) is 0.261. The lowest BCUT2D eigenvalue weighted by Crippen LogP contribution is -2.36. The number of nitrogen functional groups attached to an aromatic ring is 1. The average molecular weight is 434 g/mol. The first-order valence-corrected chi connectivity index (χ1v) is 10.4. The van der Waals surface area contributed by atoms with E-state index in [9.17, 15) is 4.79 Å². The van der Waals surface area contributed by atoms with Crippen LogP contribution in [-0.4, -0.2) is 51.5 Å². The van der Waals surface area contributed by atoms with Crippen LogP contribution in [-0.2, 0) is 11.3 Å². The van der Waals surface area contributed by atoms with E-state index >= 15 is 4.39 Å². The maximum Gasteiger partial charge on any atom is 0.273 e. The van der Waals surface area contributed by atoms with Crippen molar-refractivity contribution >= 4 is 28.1 Å². The van der Waals surface area contributed by atoms with Crippen LogP contribution >= 0.6 is 0 Å². The molecular weight excluding hydrogens is 411 g/mol. The highest BCUT2D eigenvalue weighted by Crippen LogP contribution is 2.25. The molecule has 1 saturated heterocycles. The number of rotatable bonds is 5. The number of nitrogens with one attached hydrogen (secondary N) is 1. The highest BCUT2D eigenvalue weighted by Gasteiger charge is 2.22. The summed E-state index contributed by atoms with van der Waals surface area (Å²) in [5.74, 6) is -0.606. The third-order valence-corrected chi connectivity index (χ3v) is 5.63. The van der Waals surface area contributed by atoms with Gasteiger partial charge in [-0.1, -0.05) is 18.2 Å². The van der Waals surface area contributed by atoms with Crippen molar-refractivity contribution < 1.29 is 13.9 Å². The second-order valence-electron chi connectivity index (χ2n) is 7.80. The first-order chi connectivity index (χ1) is 15.6. The van der Waals surface area contributed by atoms with Crippen molar-refractivity contribution in [3.8, 4) is 0 Å². The number of anilines is 1. The minimum atomic E-state index is -1.72. The minimum absolute atomic E-state index is 0.115. The highest BCUT2D eigenvalue weighted by molar-refractivity contribution is 5.96. The van der Waals surface area contributed by atoms with Crippen LogP contribution in [0.1, 0.15) is 27.9 Å². The number of halogens is 1. The topological polar surface area (TPSA) is 97.8 Å². The van der Waals surface area contributed by atoms with Crippen molar-refractivity contribution in [2.75, 3.05) is 32.0 Å². The molecule has 5 rings (SSSR count). The molecule has 2 aromatic heterocycles. The number of imidazole rings is 1. The normalized spacial score (nSPS) is 15.8. The predicted molar refractivity (Wildman–Crippen MR) is 119 cm³/mol. The van der Waals surface area contributed by atoms with E-state index in [4.69, 9.17) is 10.5 Å². The number of aromatic nitrogens is 3. The van der Waals surface area contributed by atoms with E-state index in [-0.39, 0.29) is 5.69 Å². The molecule has 8 nitrogen and oxygen atoms in total. The lowest BCUT2D eigenvalue weighted by atomic mass is 10.0. The summed E-state index contributed by atoms with van der Waals surface area (Å²) in [5.41, 5.74) is 8.95. The second-order valence-corrected chi connectivity index (χ2v) is 7.80. The van der Waals surface area contributed by atoms with Gasteiger partial charge in [0.05, 0.1) is 18.7 Å². The number of fused-ring (bicyclic) bond motifs is 3. The quantitative estimate of drug-likeness (QED) is 0.370. The SMILES string of the molecule is Nc1ccc(CN2CCOCC2)c(C(F)NC(=O)c2cn3cnc4ccccc4c3n2)c1. The monoisotopic (exact) mass is 434 g/mol. The van der Waals surface area contributed by atoms with Crippen molar-refractivity contribution in [2.45, 2.75) is 12.8 Å². The number of carbonyl (C=O) groups excluding carboxylic acids is 1. The zero-order valence-corrected chi connectivity index (χ0v) is 17.4. The molecule has 1 aliphatic heterocycles. The Hall–Kier alpha value is -3.56. The summed E-state index contributed by atoms with van der Waals surface area (Å²) in [6, 6.07) is 12.6. The van der Waals surface area contributed by atoms with Crippen molar-refractivity contribution in [1.29, 1.82) is 0 Å². The van der Waals surface area contributed by atoms with Crippen LogP contribution in [0, 0.1) is 0 Å². The van der Waals surface area contributed by atoms with Gasteiger partial charge in [0.1, 0.15) is 17.7 Å². The molecular formula is C23H23FN6O2.